The van der Waals surface area contributed by atoms with Gasteiger partial charge in [0.1, 0.15) is 11.8 Å². The maximum absolute atomic E-state index is 12.3. The molecule has 0 unspecified atom stereocenters. The van der Waals surface area contributed by atoms with Crippen LogP contribution in [0.4, 0.5) is 5.69 Å². The van der Waals surface area contributed by atoms with Crippen molar-refractivity contribution in [1.82, 2.24) is 5.43 Å². The van der Waals surface area contributed by atoms with Gasteiger partial charge in [-0.05, 0) is 30.3 Å². The largest absolute Gasteiger partial charge is 0.478 e. The number of nitrogens with one attached hydrogen (secondary N) is 2. The van der Waals surface area contributed by atoms with Crippen molar-refractivity contribution >= 4 is 40.7 Å². The summed E-state index contributed by atoms with van der Waals surface area (Å²) in [5.74, 6) is -2.08. The fourth-order valence-electron chi connectivity index (χ4n) is 2.59. The summed E-state index contributed by atoms with van der Waals surface area (Å²) in [7, 11) is 0. The molecule has 0 aliphatic heterocycles. The van der Waals surface area contributed by atoms with Crippen LogP contribution < -0.4 is 16.2 Å². The molecule has 1 aromatic heterocycles. The Hall–Kier alpha value is -4.27. The lowest BCUT2D eigenvalue weighted by molar-refractivity contribution is -0.124. The van der Waals surface area contributed by atoms with Gasteiger partial charge in [0, 0.05) is 18.5 Å². The normalized spacial score (nSPS) is 10.8. The van der Waals surface area contributed by atoms with E-state index >= 15 is 0 Å². The van der Waals surface area contributed by atoms with Crippen LogP contribution in [0.1, 0.15) is 28.8 Å². The van der Waals surface area contributed by atoms with Crippen molar-refractivity contribution in [2.45, 2.75) is 12.8 Å². The first-order chi connectivity index (χ1) is 14.4. The number of carboxylic acid groups (broad SMARTS) is 1. The van der Waals surface area contributed by atoms with E-state index in [0.29, 0.717) is 16.7 Å². The van der Waals surface area contributed by atoms with E-state index in [2.05, 4.69) is 15.8 Å². The van der Waals surface area contributed by atoms with Crippen LogP contribution in [0.2, 0.25) is 0 Å². The highest BCUT2D eigenvalue weighted by Gasteiger charge is 2.09. The first kappa shape index (κ1) is 20.5. The lowest BCUT2D eigenvalue weighted by atomic mass is 10.2. The van der Waals surface area contributed by atoms with Gasteiger partial charge in [-0.3, -0.25) is 14.4 Å². The van der Waals surface area contributed by atoms with Crippen LogP contribution in [0, 0.1) is 0 Å². The lowest BCUT2D eigenvalue weighted by Gasteiger charge is -2.05. The molecule has 0 atom stereocenters. The van der Waals surface area contributed by atoms with E-state index in [9.17, 15) is 19.2 Å². The van der Waals surface area contributed by atoms with Crippen LogP contribution in [0.3, 0.4) is 0 Å². The maximum atomic E-state index is 12.3. The molecule has 0 aliphatic carbocycles. The zero-order valence-electron chi connectivity index (χ0n) is 15.6. The van der Waals surface area contributed by atoms with Gasteiger partial charge in [0.15, 0.2) is 0 Å². The zero-order valence-corrected chi connectivity index (χ0v) is 15.6. The Labute approximate surface area is 170 Å². The van der Waals surface area contributed by atoms with Crippen LogP contribution in [0.25, 0.3) is 11.0 Å². The Morgan fingerprint density at radius 1 is 1.03 bits per heavy atom. The molecular formula is C21H17N3O6. The molecule has 0 saturated heterocycles. The summed E-state index contributed by atoms with van der Waals surface area (Å²) >= 11 is 0. The monoisotopic (exact) mass is 407 g/mol. The van der Waals surface area contributed by atoms with Gasteiger partial charge in [-0.1, -0.05) is 18.2 Å². The predicted molar refractivity (Wildman–Crippen MR) is 109 cm³/mol. The Morgan fingerprint density at radius 2 is 1.80 bits per heavy atom. The Balaban J connectivity index is 1.51. The fraction of sp³-hybridized carbons (Fsp3) is 0.0952. The second-order valence-corrected chi connectivity index (χ2v) is 6.24. The zero-order chi connectivity index (χ0) is 21.5. The second kappa shape index (κ2) is 9.28. The number of benzene rings is 2. The number of anilines is 1. The van der Waals surface area contributed by atoms with Gasteiger partial charge in [0.2, 0.25) is 17.2 Å². The Kier molecular flexibility index (Phi) is 6.33. The van der Waals surface area contributed by atoms with Gasteiger partial charge in [-0.2, -0.15) is 5.10 Å². The molecule has 0 aliphatic rings. The highest BCUT2D eigenvalue weighted by molar-refractivity contribution is 5.95. The van der Waals surface area contributed by atoms with Gasteiger partial charge in [-0.25, -0.2) is 10.2 Å². The fourth-order valence-corrected chi connectivity index (χ4v) is 2.59. The standard InChI is InChI=1S/C21H17N3O6/c25-18(23-15-5-3-4-13(10-15)21(28)29)8-9-19(26)24-22-11-14-12-30-17-7-2-1-6-16(17)20(14)27/h1-7,10-12H,8-9H2,(H,23,25)(H,24,26)(H,28,29)/b22-11-. The minimum absolute atomic E-state index is 0.0399. The molecule has 3 N–H and O–H groups in total. The highest BCUT2D eigenvalue weighted by Crippen LogP contribution is 2.11. The summed E-state index contributed by atoms with van der Waals surface area (Å²) in [6, 6.07) is 12.5. The van der Waals surface area contributed by atoms with Crippen LogP contribution in [0.15, 0.2) is 69.1 Å². The summed E-state index contributed by atoms with van der Waals surface area (Å²) in [4.78, 5) is 47.0. The highest BCUT2D eigenvalue weighted by atomic mass is 16.4. The van der Waals surface area contributed by atoms with Gasteiger partial charge in [-0.15, -0.1) is 0 Å². The van der Waals surface area contributed by atoms with E-state index < -0.39 is 17.8 Å². The number of amides is 2. The van der Waals surface area contributed by atoms with Crippen molar-refractivity contribution in [3.63, 3.8) is 0 Å². The minimum Gasteiger partial charge on any atom is -0.478 e. The smallest absolute Gasteiger partial charge is 0.335 e. The number of aromatic carboxylic acids is 1. The number of carbonyl (C=O) groups excluding carboxylic acids is 2. The van der Waals surface area contributed by atoms with Crippen molar-refractivity contribution in [3.05, 3.63) is 76.1 Å². The van der Waals surface area contributed by atoms with E-state index in [1.165, 1.54) is 30.7 Å². The number of carbonyl (C=O) groups is 3. The molecule has 2 amide bonds. The number of carboxylic acids is 1. The predicted octanol–water partition coefficient (Wildman–Crippen LogP) is 2.36. The molecule has 30 heavy (non-hydrogen) atoms. The molecule has 3 rings (SSSR count). The minimum atomic E-state index is -1.11. The molecule has 0 spiro atoms. The molecule has 0 bridgehead atoms. The number of para-hydroxylation sites is 1. The van der Waals surface area contributed by atoms with Crippen molar-refractivity contribution in [3.8, 4) is 0 Å². The third-order valence-electron chi connectivity index (χ3n) is 4.07. The van der Waals surface area contributed by atoms with E-state index in [1.807, 2.05) is 0 Å². The number of hydrogen-bond acceptors (Lipinski definition) is 6. The van der Waals surface area contributed by atoms with E-state index in [0.717, 1.165) is 0 Å². The van der Waals surface area contributed by atoms with Gasteiger partial charge >= 0.3 is 5.97 Å². The third-order valence-corrected chi connectivity index (χ3v) is 4.07. The van der Waals surface area contributed by atoms with Crippen molar-refractivity contribution in [1.29, 1.82) is 0 Å². The number of nitrogens with zero attached hydrogens (tertiary/aromatic N) is 1. The van der Waals surface area contributed by atoms with Gasteiger partial charge < -0.3 is 14.8 Å². The number of hydrazone groups is 1. The molecule has 152 valence electrons. The Morgan fingerprint density at radius 3 is 2.60 bits per heavy atom. The third kappa shape index (κ3) is 5.16. The van der Waals surface area contributed by atoms with E-state index in [4.69, 9.17) is 9.52 Å². The van der Waals surface area contributed by atoms with E-state index in [-0.39, 0.29) is 29.4 Å². The number of fused-ring (bicyclic) bond motifs is 1. The molecule has 2 aromatic carbocycles. The molecule has 9 nitrogen and oxygen atoms in total. The average molecular weight is 407 g/mol. The molecule has 0 radical (unpaired) electrons. The molecule has 9 heteroatoms. The molecule has 0 fully saturated rings. The number of rotatable bonds is 7. The summed E-state index contributed by atoms with van der Waals surface area (Å²) in [5.41, 5.74) is 2.94. The SMILES string of the molecule is O=C(CCC(=O)Nc1cccc(C(=O)O)c1)N/N=C\c1coc2ccccc2c1=O. The van der Waals surface area contributed by atoms with Gasteiger partial charge in [0.25, 0.3) is 0 Å². The molecule has 1 heterocycles. The van der Waals surface area contributed by atoms with Crippen molar-refractivity contribution < 1.29 is 23.9 Å². The van der Waals surface area contributed by atoms with Crippen LogP contribution in [0.5, 0.6) is 0 Å². The maximum Gasteiger partial charge on any atom is 0.335 e. The molecular weight excluding hydrogens is 390 g/mol. The van der Waals surface area contributed by atoms with Crippen molar-refractivity contribution in [2.24, 2.45) is 5.10 Å². The summed E-state index contributed by atoms with van der Waals surface area (Å²) in [6.07, 6.45) is 2.15. The van der Waals surface area contributed by atoms with E-state index in [1.54, 1.807) is 30.3 Å². The lowest BCUT2D eigenvalue weighted by Crippen LogP contribution is -2.21. The van der Waals surface area contributed by atoms with Gasteiger partial charge in [0.05, 0.1) is 22.7 Å². The summed E-state index contributed by atoms with van der Waals surface area (Å²) in [5, 5.41) is 15.6. The summed E-state index contributed by atoms with van der Waals surface area (Å²) < 4.78 is 5.35. The Bertz CT molecular complexity index is 1200. The van der Waals surface area contributed by atoms with Crippen LogP contribution in [-0.2, 0) is 9.59 Å². The topological polar surface area (TPSA) is 138 Å². The molecule has 0 saturated carbocycles. The van der Waals surface area contributed by atoms with Crippen LogP contribution >= 0.6 is 0 Å². The average Bonchev–Trinajstić information content (AvgIpc) is 2.74. The quantitative estimate of drug-likeness (QED) is 0.406. The number of hydrogen-bond donors (Lipinski definition) is 3. The van der Waals surface area contributed by atoms with Crippen molar-refractivity contribution in [2.75, 3.05) is 5.32 Å². The molecule has 3 aromatic rings. The first-order valence-electron chi connectivity index (χ1n) is 8.89. The van der Waals surface area contributed by atoms with Crippen LogP contribution in [-0.4, -0.2) is 29.1 Å². The summed E-state index contributed by atoms with van der Waals surface area (Å²) in [6.45, 7) is 0. The first-order valence-corrected chi connectivity index (χ1v) is 8.89. The second-order valence-electron chi connectivity index (χ2n) is 6.24.